The number of likely N-dealkylation sites (N-methyl/N-ethyl adjacent to an activating group) is 1. The number of rotatable bonds is 10. The highest BCUT2D eigenvalue weighted by atomic mass is 35.5. The number of halogens is 2. The van der Waals surface area contributed by atoms with E-state index in [1.54, 1.807) is 42.1 Å². The molecule has 0 heterocycles. The molecule has 0 atom stereocenters. The van der Waals surface area contributed by atoms with Crippen LogP contribution in [-0.2, 0) is 20.6 Å². The fourth-order valence-electron chi connectivity index (χ4n) is 2.38. The van der Waals surface area contributed by atoms with E-state index in [2.05, 4.69) is 5.32 Å². The number of nitrogens with one attached hydrogen (secondary N) is 1. The Labute approximate surface area is 185 Å². The number of thioether (sulfide) groups is 1. The third-order valence-corrected chi connectivity index (χ3v) is 7.52. The van der Waals surface area contributed by atoms with Crippen LogP contribution in [0.4, 0.5) is 0 Å². The summed E-state index contributed by atoms with van der Waals surface area (Å²) in [5.41, 5.74) is 0.859. The van der Waals surface area contributed by atoms with Crippen molar-refractivity contribution in [1.29, 1.82) is 0 Å². The van der Waals surface area contributed by atoms with Crippen molar-refractivity contribution >= 4 is 50.9 Å². The summed E-state index contributed by atoms with van der Waals surface area (Å²) in [6.07, 6.45) is 0. The number of hydrogen-bond acceptors (Lipinski definition) is 5. The lowest BCUT2D eigenvalue weighted by Gasteiger charge is -2.17. The molecule has 0 radical (unpaired) electrons. The van der Waals surface area contributed by atoms with E-state index in [1.165, 1.54) is 26.3 Å². The van der Waals surface area contributed by atoms with Gasteiger partial charge in [0.1, 0.15) is 5.75 Å². The maximum absolute atomic E-state index is 12.5. The number of carbonyl (C=O) groups is 1. The summed E-state index contributed by atoms with van der Waals surface area (Å²) in [5, 5.41) is 3.94. The molecule has 2 rings (SSSR count). The zero-order chi connectivity index (χ0) is 21.4. The first kappa shape index (κ1) is 23.8. The average molecular weight is 477 g/mol. The summed E-state index contributed by atoms with van der Waals surface area (Å²) in [6, 6.07) is 11.4. The Balaban J connectivity index is 1.78. The molecule has 0 aliphatic heterocycles. The van der Waals surface area contributed by atoms with Crippen molar-refractivity contribution in [3.8, 4) is 5.75 Å². The minimum atomic E-state index is -3.76. The first-order valence-electron chi connectivity index (χ1n) is 8.63. The first-order valence-corrected chi connectivity index (χ1v) is 12.0. The van der Waals surface area contributed by atoms with Crippen molar-refractivity contribution in [1.82, 2.24) is 9.62 Å². The molecule has 6 nitrogen and oxygen atoms in total. The van der Waals surface area contributed by atoms with E-state index in [-0.39, 0.29) is 17.3 Å². The molecule has 1 amide bonds. The lowest BCUT2D eigenvalue weighted by atomic mass is 10.2. The van der Waals surface area contributed by atoms with E-state index in [0.29, 0.717) is 33.8 Å². The Bertz CT molecular complexity index is 917. The maximum atomic E-state index is 12.5. The quantitative estimate of drug-likeness (QED) is 0.529. The molecule has 0 spiro atoms. The Kier molecular flexibility index (Phi) is 9.10. The Morgan fingerprint density at radius 3 is 2.34 bits per heavy atom. The molecule has 0 aliphatic carbocycles. The SMILES string of the molecule is COc1ccc(S(=O)(=O)N(C)CC(=O)NCCSCc2c(Cl)cccc2Cl)cc1. The number of hydrogen-bond donors (Lipinski definition) is 1. The van der Waals surface area contributed by atoms with Gasteiger partial charge in [0.15, 0.2) is 0 Å². The highest BCUT2D eigenvalue weighted by molar-refractivity contribution is 7.98. The fraction of sp³-hybridized carbons (Fsp3) is 0.316. The van der Waals surface area contributed by atoms with Gasteiger partial charge in [0, 0.05) is 35.1 Å². The van der Waals surface area contributed by atoms with Crippen LogP contribution in [0.1, 0.15) is 5.56 Å². The number of methoxy groups -OCH3 is 1. The molecule has 0 unspecified atom stereocenters. The smallest absolute Gasteiger partial charge is 0.243 e. The predicted molar refractivity (Wildman–Crippen MR) is 118 cm³/mol. The monoisotopic (exact) mass is 476 g/mol. The largest absolute Gasteiger partial charge is 0.497 e. The van der Waals surface area contributed by atoms with Crippen LogP contribution in [0.2, 0.25) is 10.0 Å². The molecule has 0 saturated carbocycles. The second-order valence-electron chi connectivity index (χ2n) is 6.04. The lowest BCUT2D eigenvalue weighted by molar-refractivity contribution is -0.121. The zero-order valence-electron chi connectivity index (χ0n) is 16.0. The van der Waals surface area contributed by atoms with Gasteiger partial charge in [-0.1, -0.05) is 29.3 Å². The third-order valence-electron chi connectivity index (χ3n) is 4.01. The number of carbonyl (C=O) groups excluding carboxylic acids is 1. The van der Waals surface area contributed by atoms with Crippen LogP contribution in [-0.4, -0.2) is 51.6 Å². The highest BCUT2D eigenvalue weighted by Gasteiger charge is 2.22. The van der Waals surface area contributed by atoms with Crippen LogP contribution < -0.4 is 10.1 Å². The molecule has 2 aromatic rings. The average Bonchev–Trinajstić information content (AvgIpc) is 2.69. The van der Waals surface area contributed by atoms with Gasteiger partial charge >= 0.3 is 0 Å². The molecule has 0 fully saturated rings. The zero-order valence-corrected chi connectivity index (χ0v) is 19.2. The number of benzene rings is 2. The van der Waals surface area contributed by atoms with E-state index in [1.807, 2.05) is 0 Å². The maximum Gasteiger partial charge on any atom is 0.243 e. The van der Waals surface area contributed by atoms with Gasteiger partial charge in [-0.15, -0.1) is 0 Å². The van der Waals surface area contributed by atoms with Gasteiger partial charge in [-0.25, -0.2) is 8.42 Å². The molecule has 29 heavy (non-hydrogen) atoms. The van der Waals surface area contributed by atoms with Crippen LogP contribution >= 0.6 is 35.0 Å². The van der Waals surface area contributed by atoms with Crippen LogP contribution in [0.3, 0.4) is 0 Å². The minimum Gasteiger partial charge on any atom is -0.497 e. The summed E-state index contributed by atoms with van der Waals surface area (Å²) in [7, 11) is -0.888. The fourth-order valence-corrected chi connectivity index (χ4v) is 5.10. The second kappa shape index (κ2) is 11.1. The topological polar surface area (TPSA) is 75.7 Å². The molecule has 1 N–H and O–H groups in total. The van der Waals surface area contributed by atoms with Crippen LogP contribution in [0.5, 0.6) is 5.75 Å². The van der Waals surface area contributed by atoms with Gasteiger partial charge in [0.25, 0.3) is 0 Å². The van der Waals surface area contributed by atoms with Gasteiger partial charge in [-0.3, -0.25) is 4.79 Å². The van der Waals surface area contributed by atoms with Gasteiger partial charge in [0.2, 0.25) is 15.9 Å². The van der Waals surface area contributed by atoms with Gasteiger partial charge in [-0.05, 0) is 42.0 Å². The molecule has 0 aliphatic rings. The van der Waals surface area contributed by atoms with Crippen molar-refractivity contribution in [2.45, 2.75) is 10.6 Å². The van der Waals surface area contributed by atoms with Gasteiger partial charge < -0.3 is 10.1 Å². The Morgan fingerprint density at radius 2 is 1.76 bits per heavy atom. The lowest BCUT2D eigenvalue weighted by Crippen LogP contribution is -2.39. The molecule has 10 heteroatoms. The summed E-state index contributed by atoms with van der Waals surface area (Å²) in [6.45, 7) is 0.136. The molecular weight excluding hydrogens is 455 g/mol. The van der Waals surface area contributed by atoms with E-state index in [4.69, 9.17) is 27.9 Å². The van der Waals surface area contributed by atoms with Crippen molar-refractivity contribution in [3.05, 3.63) is 58.1 Å². The molecule has 0 saturated heterocycles. The van der Waals surface area contributed by atoms with E-state index < -0.39 is 10.0 Å². The Hall–Kier alpha value is -1.45. The van der Waals surface area contributed by atoms with Gasteiger partial charge in [-0.2, -0.15) is 16.1 Å². The summed E-state index contributed by atoms with van der Waals surface area (Å²) >= 11 is 13.8. The van der Waals surface area contributed by atoms with E-state index >= 15 is 0 Å². The third kappa shape index (κ3) is 6.79. The number of ether oxygens (including phenoxy) is 1. The van der Waals surface area contributed by atoms with Crippen LogP contribution in [0.25, 0.3) is 0 Å². The standard InChI is InChI=1S/C19H22Cl2N2O4S2/c1-23(29(25,26)15-8-6-14(27-2)7-9-15)12-19(24)22-10-11-28-13-16-17(20)4-3-5-18(16)21/h3-9H,10-13H2,1-2H3,(H,22,24). The second-order valence-corrected chi connectivity index (χ2v) is 10.0. The molecule has 0 aromatic heterocycles. The number of sulfonamides is 1. The highest BCUT2D eigenvalue weighted by Crippen LogP contribution is 2.28. The van der Waals surface area contributed by atoms with Crippen molar-refractivity contribution in [2.75, 3.05) is 33.0 Å². The van der Waals surface area contributed by atoms with E-state index in [9.17, 15) is 13.2 Å². The molecule has 2 aromatic carbocycles. The van der Waals surface area contributed by atoms with Crippen LogP contribution in [0.15, 0.2) is 47.4 Å². The normalized spacial score (nSPS) is 11.5. The first-order chi connectivity index (χ1) is 13.8. The predicted octanol–water partition coefficient (Wildman–Crippen LogP) is 3.67. The van der Waals surface area contributed by atoms with Crippen molar-refractivity contribution in [2.24, 2.45) is 0 Å². The minimum absolute atomic E-state index is 0.0979. The van der Waals surface area contributed by atoms with E-state index in [0.717, 1.165) is 9.87 Å². The summed E-state index contributed by atoms with van der Waals surface area (Å²) in [4.78, 5) is 12.2. The Morgan fingerprint density at radius 1 is 1.14 bits per heavy atom. The van der Waals surface area contributed by atoms with Gasteiger partial charge in [0.05, 0.1) is 18.6 Å². The molecule has 0 bridgehead atoms. The van der Waals surface area contributed by atoms with Crippen molar-refractivity contribution in [3.63, 3.8) is 0 Å². The molecular formula is C19H22Cl2N2O4S2. The number of nitrogens with zero attached hydrogens (tertiary/aromatic N) is 1. The van der Waals surface area contributed by atoms with Crippen molar-refractivity contribution < 1.29 is 17.9 Å². The molecule has 158 valence electrons. The summed E-state index contributed by atoms with van der Waals surface area (Å²) < 4.78 is 31.1. The summed E-state index contributed by atoms with van der Waals surface area (Å²) in [5.74, 6) is 1.45. The number of amides is 1. The van der Waals surface area contributed by atoms with Crippen LogP contribution in [0, 0.1) is 0 Å².